The summed E-state index contributed by atoms with van der Waals surface area (Å²) in [5, 5.41) is 1.72. The van der Waals surface area contributed by atoms with E-state index in [4.69, 9.17) is 0 Å². The van der Waals surface area contributed by atoms with Crippen LogP contribution in [-0.2, 0) is 0 Å². The molecule has 0 amide bonds. The molecule has 0 N–H and O–H groups in total. The zero-order valence-electron chi connectivity index (χ0n) is 12.4. The molecule has 0 unspecified atom stereocenters. The summed E-state index contributed by atoms with van der Waals surface area (Å²) in [6.07, 6.45) is 3.70. The quantitative estimate of drug-likeness (QED) is 0.577. The van der Waals surface area contributed by atoms with Crippen molar-refractivity contribution in [2.75, 3.05) is 0 Å². The predicted molar refractivity (Wildman–Crippen MR) is 77.5 cm³/mol. The van der Waals surface area contributed by atoms with E-state index in [0.717, 1.165) is 0 Å². The first-order valence-corrected chi connectivity index (χ1v) is 9.38. The molecule has 0 spiro atoms. The average molecular weight is 236 g/mol. The van der Waals surface area contributed by atoms with E-state index in [0.29, 0.717) is 10.8 Å². The van der Waals surface area contributed by atoms with Gasteiger partial charge in [0.25, 0.3) is 0 Å². The molecule has 0 aromatic heterocycles. The van der Waals surface area contributed by atoms with Crippen LogP contribution in [0.2, 0.25) is 13.1 Å². The van der Waals surface area contributed by atoms with Crippen LogP contribution in [0.1, 0.15) is 48.0 Å². The lowest BCUT2D eigenvalue weighted by atomic mass is 9.76. The summed E-state index contributed by atoms with van der Waals surface area (Å²) >= 11 is 0. The van der Waals surface area contributed by atoms with E-state index in [9.17, 15) is 0 Å². The molecular weight excluding hydrogens is 208 g/mol. The molecule has 1 aliphatic carbocycles. The third-order valence-corrected chi connectivity index (χ3v) is 5.16. The summed E-state index contributed by atoms with van der Waals surface area (Å²) in [5.41, 5.74) is 3.99. The van der Waals surface area contributed by atoms with E-state index < -0.39 is 8.80 Å². The molecule has 1 heteroatoms. The molecule has 0 heterocycles. The highest BCUT2D eigenvalue weighted by Crippen LogP contribution is 2.46. The molecule has 1 aliphatic rings. The molecule has 0 saturated carbocycles. The van der Waals surface area contributed by atoms with Crippen LogP contribution in [0.5, 0.6) is 0 Å². The van der Waals surface area contributed by atoms with Gasteiger partial charge in [-0.1, -0.05) is 71.5 Å². The second kappa shape index (κ2) is 4.18. The average Bonchev–Trinajstić information content (AvgIpc) is 2.43. The third-order valence-electron chi connectivity index (χ3n) is 3.39. The van der Waals surface area contributed by atoms with Crippen molar-refractivity contribution in [1.82, 2.24) is 0 Å². The molecule has 0 radical (unpaired) electrons. The van der Waals surface area contributed by atoms with Crippen LogP contribution in [0.15, 0.2) is 22.4 Å². The molecule has 0 nitrogen and oxygen atoms in total. The smallest absolute Gasteiger partial charge is 0.0647 e. The fraction of sp³-hybridized carbons (Fsp3) is 0.733. The molecule has 1 rings (SSSR count). The van der Waals surface area contributed by atoms with Crippen molar-refractivity contribution in [1.29, 1.82) is 0 Å². The Labute approximate surface area is 103 Å². The first-order chi connectivity index (χ1) is 7.05. The fourth-order valence-electron chi connectivity index (χ4n) is 2.68. The summed E-state index contributed by atoms with van der Waals surface area (Å²) in [4.78, 5) is 0. The van der Waals surface area contributed by atoms with Gasteiger partial charge in [-0.3, -0.25) is 0 Å². The first-order valence-electron chi connectivity index (χ1n) is 6.49. The van der Waals surface area contributed by atoms with Crippen LogP contribution < -0.4 is 0 Å². The maximum Gasteiger partial charge on any atom is 0.0647 e. The molecule has 0 atom stereocenters. The normalized spacial score (nSPS) is 18.4. The number of rotatable bonds is 1. The van der Waals surface area contributed by atoms with Gasteiger partial charge in [0.05, 0.1) is 8.80 Å². The lowest BCUT2D eigenvalue weighted by Crippen LogP contribution is -2.21. The van der Waals surface area contributed by atoms with E-state index in [2.05, 4.69) is 60.7 Å². The van der Waals surface area contributed by atoms with Crippen molar-refractivity contribution in [2.24, 2.45) is 10.8 Å². The maximum absolute atomic E-state index is 2.51. The van der Waals surface area contributed by atoms with Crippen molar-refractivity contribution >= 4 is 8.80 Å². The van der Waals surface area contributed by atoms with Crippen molar-refractivity contribution in [3.8, 4) is 0 Å². The summed E-state index contributed by atoms with van der Waals surface area (Å²) in [7, 11) is -0.688. The largest absolute Gasteiger partial charge is 0.0812 e. The number of allylic oxidation sites excluding steroid dienone is 4. The summed E-state index contributed by atoms with van der Waals surface area (Å²) in [6, 6.07) is 0. The Balaban J connectivity index is 3.29. The lowest BCUT2D eigenvalue weighted by Gasteiger charge is -2.32. The van der Waals surface area contributed by atoms with Gasteiger partial charge in [-0.15, -0.1) is 0 Å². The highest BCUT2D eigenvalue weighted by molar-refractivity contribution is 6.65. The van der Waals surface area contributed by atoms with Gasteiger partial charge in [0.1, 0.15) is 0 Å². The molecule has 0 aromatic carbocycles. The second-order valence-electron chi connectivity index (χ2n) is 7.37. The second-order valence-corrected chi connectivity index (χ2v) is 10.3. The minimum absolute atomic E-state index is 0.308. The number of hydrogen-bond donors (Lipinski definition) is 0. The summed E-state index contributed by atoms with van der Waals surface area (Å²) in [6.45, 7) is 19.1. The van der Waals surface area contributed by atoms with Crippen LogP contribution in [0.4, 0.5) is 0 Å². The molecule has 0 fully saturated rings. The van der Waals surface area contributed by atoms with Gasteiger partial charge < -0.3 is 0 Å². The van der Waals surface area contributed by atoms with Gasteiger partial charge in [0, 0.05) is 0 Å². The zero-order chi connectivity index (χ0) is 12.7. The molecule has 0 aromatic rings. The van der Waals surface area contributed by atoms with Gasteiger partial charge in [0.2, 0.25) is 0 Å². The molecule has 0 saturated heterocycles. The third kappa shape index (κ3) is 2.68. The van der Waals surface area contributed by atoms with E-state index >= 15 is 0 Å². The van der Waals surface area contributed by atoms with E-state index in [1.54, 1.807) is 16.3 Å². The van der Waals surface area contributed by atoms with Crippen LogP contribution in [-0.4, -0.2) is 8.80 Å². The lowest BCUT2D eigenvalue weighted by molar-refractivity contribution is 0.451. The van der Waals surface area contributed by atoms with Gasteiger partial charge in [-0.25, -0.2) is 0 Å². The zero-order valence-corrected chi connectivity index (χ0v) is 13.5. The van der Waals surface area contributed by atoms with Crippen molar-refractivity contribution in [3.05, 3.63) is 22.4 Å². The Morgan fingerprint density at radius 1 is 0.938 bits per heavy atom. The minimum Gasteiger partial charge on any atom is -0.0812 e. The minimum atomic E-state index is -0.688. The first kappa shape index (κ1) is 13.8. The van der Waals surface area contributed by atoms with Crippen molar-refractivity contribution in [2.45, 2.75) is 61.1 Å². The Hall–Kier alpha value is -0.303. The maximum atomic E-state index is 2.51. The molecule has 16 heavy (non-hydrogen) atoms. The molecule has 0 bridgehead atoms. The monoisotopic (exact) mass is 236 g/mol. The highest BCUT2D eigenvalue weighted by atomic mass is 28.3. The topological polar surface area (TPSA) is 0 Å². The molecule has 92 valence electrons. The highest BCUT2D eigenvalue weighted by Gasteiger charge is 2.33. The van der Waals surface area contributed by atoms with Gasteiger partial charge in [-0.05, 0) is 22.8 Å². The Morgan fingerprint density at radius 3 is 1.75 bits per heavy atom. The van der Waals surface area contributed by atoms with Gasteiger partial charge in [0.15, 0.2) is 0 Å². The van der Waals surface area contributed by atoms with Crippen LogP contribution in [0.25, 0.3) is 0 Å². The van der Waals surface area contributed by atoms with E-state index in [1.807, 2.05) is 0 Å². The predicted octanol–water partition coefficient (Wildman–Crippen LogP) is 4.73. The van der Waals surface area contributed by atoms with Crippen LogP contribution >= 0.6 is 0 Å². The van der Waals surface area contributed by atoms with E-state index in [-0.39, 0.29) is 0 Å². The SMILES string of the molecule is C[SiH](C)C1=CCC(C(C)(C)C)=C1C(C)(C)C. The Kier molecular flexibility index (Phi) is 3.59. The summed E-state index contributed by atoms with van der Waals surface area (Å²) in [5.74, 6) is 0. The van der Waals surface area contributed by atoms with Gasteiger partial charge in [-0.2, -0.15) is 0 Å². The Morgan fingerprint density at radius 2 is 1.44 bits per heavy atom. The van der Waals surface area contributed by atoms with E-state index in [1.165, 1.54) is 6.42 Å². The van der Waals surface area contributed by atoms with Crippen LogP contribution in [0.3, 0.4) is 0 Å². The van der Waals surface area contributed by atoms with Crippen molar-refractivity contribution < 1.29 is 0 Å². The van der Waals surface area contributed by atoms with Crippen LogP contribution in [0, 0.1) is 10.8 Å². The van der Waals surface area contributed by atoms with Crippen molar-refractivity contribution in [3.63, 3.8) is 0 Å². The molecule has 0 aliphatic heterocycles. The molecular formula is C15H28Si. The summed E-state index contributed by atoms with van der Waals surface area (Å²) < 4.78 is 0. The Bertz CT molecular complexity index is 329. The fourth-order valence-corrected chi connectivity index (χ4v) is 4.46. The van der Waals surface area contributed by atoms with Gasteiger partial charge >= 0.3 is 0 Å². The standard InChI is InChI=1S/C15H28Si/c1-14(2,3)11-9-10-12(16(7)8)13(11)15(4,5)6/h10,16H,9H2,1-8H3. The number of hydrogen-bond acceptors (Lipinski definition) is 0.